The van der Waals surface area contributed by atoms with Crippen molar-refractivity contribution in [1.29, 1.82) is 0 Å². The quantitative estimate of drug-likeness (QED) is 0.772. The second kappa shape index (κ2) is 8.94. The van der Waals surface area contributed by atoms with Gasteiger partial charge in [-0.3, -0.25) is 4.79 Å². The number of benzene rings is 2. The zero-order valence-corrected chi connectivity index (χ0v) is 16.7. The summed E-state index contributed by atoms with van der Waals surface area (Å²) in [6.45, 7) is 6.81. The van der Waals surface area contributed by atoms with Crippen LogP contribution < -0.4 is 15.1 Å². The number of carboxylic acid groups (broad SMARTS) is 1. The second-order valence-corrected chi connectivity index (χ2v) is 7.63. The summed E-state index contributed by atoms with van der Waals surface area (Å²) >= 11 is 0. The van der Waals surface area contributed by atoms with Crippen LogP contribution in [0, 0.1) is 11.7 Å². The maximum atomic E-state index is 13.1. The number of carbonyl (C=O) groups excluding carboxylic acids is 1. The molecule has 1 aliphatic heterocycles. The van der Waals surface area contributed by atoms with Gasteiger partial charge in [0.15, 0.2) is 0 Å². The highest BCUT2D eigenvalue weighted by atomic mass is 19.1. The fourth-order valence-corrected chi connectivity index (χ4v) is 3.46. The Morgan fingerprint density at radius 1 is 1.00 bits per heavy atom. The van der Waals surface area contributed by atoms with E-state index < -0.39 is 5.97 Å². The Hall–Kier alpha value is -3.09. The van der Waals surface area contributed by atoms with Gasteiger partial charge in [0.25, 0.3) is 0 Å². The van der Waals surface area contributed by atoms with Gasteiger partial charge in [0.05, 0.1) is 11.3 Å². The van der Waals surface area contributed by atoms with Gasteiger partial charge in [0.1, 0.15) is 5.82 Å². The number of amides is 1. The van der Waals surface area contributed by atoms with Crippen molar-refractivity contribution in [2.45, 2.75) is 20.3 Å². The minimum atomic E-state index is -1.07. The smallest absolute Gasteiger partial charge is 0.337 e. The van der Waals surface area contributed by atoms with Crippen LogP contribution in [0.25, 0.3) is 0 Å². The normalized spacial score (nSPS) is 14.2. The van der Waals surface area contributed by atoms with Crippen LogP contribution in [-0.4, -0.2) is 43.2 Å². The molecule has 2 aromatic carbocycles. The third-order valence-electron chi connectivity index (χ3n) is 4.94. The van der Waals surface area contributed by atoms with Crippen LogP contribution in [0.15, 0.2) is 42.5 Å². The van der Waals surface area contributed by atoms with Gasteiger partial charge in [-0.1, -0.05) is 13.8 Å². The maximum Gasteiger partial charge on any atom is 0.337 e. The van der Waals surface area contributed by atoms with E-state index in [0.29, 0.717) is 12.1 Å². The Kier molecular flexibility index (Phi) is 6.36. The topological polar surface area (TPSA) is 72.9 Å². The minimum absolute atomic E-state index is 0.0839. The van der Waals surface area contributed by atoms with Gasteiger partial charge in [0, 0.05) is 44.0 Å². The number of aromatic carboxylic acids is 1. The molecule has 1 saturated heterocycles. The van der Waals surface area contributed by atoms with Gasteiger partial charge >= 0.3 is 5.97 Å². The molecule has 154 valence electrons. The molecule has 3 rings (SSSR count). The van der Waals surface area contributed by atoms with Gasteiger partial charge in [-0.05, 0) is 48.4 Å². The van der Waals surface area contributed by atoms with E-state index in [2.05, 4.69) is 15.1 Å². The molecule has 6 nitrogen and oxygen atoms in total. The molecule has 29 heavy (non-hydrogen) atoms. The lowest BCUT2D eigenvalue weighted by Gasteiger charge is -2.37. The van der Waals surface area contributed by atoms with Crippen molar-refractivity contribution in [1.82, 2.24) is 0 Å². The van der Waals surface area contributed by atoms with Crippen LogP contribution in [0.1, 0.15) is 30.6 Å². The van der Waals surface area contributed by atoms with Crippen LogP contribution in [0.4, 0.5) is 21.5 Å². The van der Waals surface area contributed by atoms with Crippen molar-refractivity contribution in [3.05, 3.63) is 53.8 Å². The van der Waals surface area contributed by atoms with E-state index in [-0.39, 0.29) is 23.2 Å². The summed E-state index contributed by atoms with van der Waals surface area (Å²) in [4.78, 5) is 28.0. The second-order valence-electron chi connectivity index (χ2n) is 7.63. The molecular weight excluding hydrogens is 373 g/mol. The SMILES string of the molecule is CC(C)CC(=O)Nc1ccc(N2CCN(c3ccc(F)cc3)CC2)cc1C(=O)O. The van der Waals surface area contributed by atoms with E-state index in [0.717, 1.165) is 37.6 Å². The van der Waals surface area contributed by atoms with Crippen molar-refractivity contribution in [3.8, 4) is 0 Å². The van der Waals surface area contributed by atoms with Crippen LogP contribution in [-0.2, 0) is 4.79 Å². The molecule has 1 heterocycles. The van der Waals surface area contributed by atoms with Gasteiger partial charge in [-0.25, -0.2) is 9.18 Å². The number of carbonyl (C=O) groups is 2. The molecule has 0 radical (unpaired) electrons. The highest BCUT2D eigenvalue weighted by Crippen LogP contribution is 2.26. The third-order valence-corrected chi connectivity index (χ3v) is 4.94. The molecule has 1 fully saturated rings. The highest BCUT2D eigenvalue weighted by molar-refractivity contribution is 6.01. The molecule has 7 heteroatoms. The zero-order valence-electron chi connectivity index (χ0n) is 16.7. The lowest BCUT2D eigenvalue weighted by Crippen LogP contribution is -2.46. The molecular formula is C22H26FN3O3. The van der Waals surface area contributed by atoms with Crippen LogP contribution in [0.2, 0.25) is 0 Å². The summed E-state index contributed by atoms with van der Waals surface area (Å²) in [6.07, 6.45) is 0.339. The molecule has 2 aromatic rings. The van der Waals surface area contributed by atoms with Crippen molar-refractivity contribution in [2.75, 3.05) is 41.3 Å². The summed E-state index contributed by atoms with van der Waals surface area (Å²) in [6, 6.07) is 11.5. The molecule has 1 amide bonds. The molecule has 2 N–H and O–H groups in total. The number of halogens is 1. The van der Waals surface area contributed by atoms with Gasteiger partial charge in [-0.15, -0.1) is 0 Å². The first kappa shape index (κ1) is 20.6. The highest BCUT2D eigenvalue weighted by Gasteiger charge is 2.20. The van der Waals surface area contributed by atoms with E-state index in [4.69, 9.17) is 0 Å². The number of rotatable bonds is 6. The summed E-state index contributed by atoms with van der Waals surface area (Å²) in [5, 5.41) is 12.3. The number of hydrogen-bond donors (Lipinski definition) is 2. The van der Waals surface area contributed by atoms with Crippen molar-refractivity contribution in [3.63, 3.8) is 0 Å². The summed E-state index contributed by atoms with van der Waals surface area (Å²) < 4.78 is 13.1. The van der Waals surface area contributed by atoms with Crippen molar-refractivity contribution in [2.24, 2.45) is 5.92 Å². The van der Waals surface area contributed by atoms with Crippen LogP contribution in [0.5, 0.6) is 0 Å². The third kappa shape index (κ3) is 5.25. The molecule has 0 saturated carbocycles. The number of anilines is 3. The summed E-state index contributed by atoms with van der Waals surface area (Å²) in [5.74, 6) is -1.33. The number of nitrogens with zero attached hydrogens (tertiary/aromatic N) is 2. The van der Waals surface area contributed by atoms with E-state index in [1.54, 1.807) is 24.3 Å². The molecule has 1 aliphatic rings. The first-order chi connectivity index (χ1) is 13.8. The van der Waals surface area contributed by atoms with Crippen LogP contribution >= 0.6 is 0 Å². The van der Waals surface area contributed by atoms with E-state index in [1.165, 1.54) is 12.1 Å². The Balaban J connectivity index is 1.69. The van der Waals surface area contributed by atoms with Gasteiger partial charge < -0.3 is 20.2 Å². The number of hydrogen-bond acceptors (Lipinski definition) is 4. The summed E-state index contributed by atoms with van der Waals surface area (Å²) in [7, 11) is 0. The first-order valence-electron chi connectivity index (χ1n) is 9.76. The number of piperazine rings is 1. The lowest BCUT2D eigenvalue weighted by atomic mass is 10.1. The molecule has 0 aromatic heterocycles. The van der Waals surface area contributed by atoms with Crippen LogP contribution in [0.3, 0.4) is 0 Å². The van der Waals surface area contributed by atoms with E-state index in [1.807, 2.05) is 19.9 Å². The summed E-state index contributed by atoms with van der Waals surface area (Å²) in [5.41, 5.74) is 2.18. The molecule has 0 aliphatic carbocycles. The zero-order chi connectivity index (χ0) is 21.0. The lowest BCUT2D eigenvalue weighted by molar-refractivity contribution is -0.116. The Morgan fingerprint density at radius 3 is 2.10 bits per heavy atom. The fraction of sp³-hybridized carbons (Fsp3) is 0.364. The maximum absolute atomic E-state index is 13.1. The Morgan fingerprint density at radius 2 is 1.55 bits per heavy atom. The fourth-order valence-electron chi connectivity index (χ4n) is 3.46. The monoisotopic (exact) mass is 399 g/mol. The molecule has 0 spiro atoms. The molecule has 0 unspecified atom stereocenters. The minimum Gasteiger partial charge on any atom is -0.478 e. The average molecular weight is 399 g/mol. The Bertz CT molecular complexity index is 875. The predicted molar refractivity (Wildman–Crippen MR) is 112 cm³/mol. The molecule has 0 atom stereocenters. The van der Waals surface area contributed by atoms with Gasteiger partial charge in [0.2, 0.25) is 5.91 Å². The predicted octanol–water partition coefficient (Wildman–Crippen LogP) is 3.84. The molecule has 0 bridgehead atoms. The van der Waals surface area contributed by atoms with Crippen molar-refractivity contribution >= 4 is 28.9 Å². The van der Waals surface area contributed by atoms with Crippen molar-refractivity contribution < 1.29 is 19.1 Å². The Labute approximate surface area is 169 Å². The largest absolute Gasteiger partial charge is 0.478 e. The van der Waals surface area contributed by atoms with Gasteiger partial charge in [-0.2, -0.15) is 0 Å². The number of carboxylic acids is 1. The first-order valence-corrected chi connectivity index (χ1v) is 9.76. The van der Waals surface area contributed by atoms with E-state index >= 15 is 0 Å². The average Bonchev–Trinajstić information content (AvgIpc) is 2.68. The van der Waals surface area contributed by atoms with E-state index in [9.17, 15) is 19.1 Å². The standard InChI is InChI=1S/C22H26FN3O3/c1-15(2)13-21(27)24-20-8-7-18(14-19(20)22(28)29)26-11-9-25(10-12-26)17-5-3-16(23)4-6-17/h3-8,14-15H,9-13H2,1-2H3,(H,24,27)(H,28,29). The number of nitrogens with one attached hydrogen (secondary N) is 1.